The number of para-hydroxylation sites is 1. The molecule has 17 heavy (non-hydrogen) atoms. The van der Waals surface area contributed by atoms with Gasteiger partial charge in [0.05, 0.1) is 10.5 Å². The maximum absolute atomic E-state index is 13.4. The van der Waals surface area contributed by atoms with Crippen LogP contribution in [0.25, 0.3) is 11.1 Å². The van der Waals surface area contributed by atoms with Gasteiger partial charge in [-0.15, -0.1) is 0 Å². The average molecular weight is 235 g/mol. The number of nitro groups is 1. The van der Waals surface area contributed by atoms with Gasteiger partial charge in [0, 0.05) is 0 Å². The van der Waals surface area contributed by atoms with Gasteiger partial charge in [0.1, 0.15) is 5.82 Å². The van der Waals surface area contributed by atoms with Crippen molar-refractivity contribution in [3.05, 3.63) is 64.2 Å². The number of hydrogen-bond donors (Lipinski definition) is 0. The van der Waals surface area contributed by atoms with Crippen molar-refractivity contribution in [2.24, 2.45) is 0 Å². The van der Waals surface area contributed by atoms with Crippen LogP contribution >= 0.6 is 0 Å². The Kier molecular flexibility index (Phi) is 2.82. The Hall–Kier alpha value is -2.30. The Labute approximate surface area is 95.5 Å². The molecule has 0 aliphatic carbocycles. The highest BCUT2D eigenvalue weighted by molar-refractivity contribution is 5.73. The van der Waals surface area contributed by atoms with E-state index in [1.807, 2.05) is 0 Å². The van der Waals surface area contributed by atoms with Crippen LogP contribution in [0.4, 0.5) is 14.5 Å². The number of nitrogens with zero attached hydrogens (tertiary/aromatic N) is 1. The molecule has 0 radical (unpaired) electrons. The Balaban J connectivity index is 2.63. The molecule has 0 N–H and O–H groups in total. The minimum Gasteiger partial charge on any atom is -0.258 e. The normalized spacial score (nSPS) is 10.2. The Morgan fingerprint density at radius 1 is 1.00 bits per heavy atom. The molecule has 0 saturated heterocycles. The molecule has 86 valence electrons. The molecule has 0 spiro atoms. The smallest absolute Gasteiger partial charge is 0.258 e. The molecule has 0 heterocycles. The van der Waals surface area contributed by atoms with Crippen LogP contribution in [0.15, 0.2) is 42.5 Å². The summed E-state index contributed by atoms with van der Waals surface area (Å²) in [6, 6.07) is 8.91. The van der Waals surface area contributed by atoms with Crippen molar-refractivity contribution in [2.75, 3.05) is 0 Å². The molecule has 0 atom stereocenters. The summed E-state index contributed by atoms with van der Waals surface area (Å²) in [5.41, 5.74) is -0.0632. The van der Waals surface area contributed by atoms with Crippen LogP contribution in [0.3, 0.4) is 0 Å². The first-order valence-corrected chi connectivity index (χ1v) is 4.78. The summed E-state index contributed by atoms with van der Waals surface area (Å²) in [5, 5.41) is 10.8. The van der Waals surface area contributed by atoms with Crippen LogP contribution in [-0.4, -0.2) is 4.92 Å². The summed E-state index contributed by atoms with van der Waals surface area (Å²) in [5.74, 6) is -1.36. The standard InChI is InChI=1S/C12H7F2NO2/c13-9-6-4-8(5-7-9)10-2-1-3-11(14)12(10)15(16)17/h1-7H. The second-order valence-electron chi connectivity index (χ2n) is 3.40. The molecule has 2 rings (SSSR count). The van der Waals surface area contributed by atoms with Gasteiger partial charge < -0.3 is 0 Å². The average Bonchev–Trinajstić information content (AvgIpc) is 2.29. The first kappa shape index (κ1) is 11.2. The molecule has 0 aliphatic rings. The Bertz CT molecular complexity index is 567. The highest BCUT2D eigenvalue weighted by Crippen LogP contribution is 2.31. The zero-order valence-electron chi connectivity index (χ0n) is 8.56. The number of nitro benzene ring substituents is 1. The highest BCUT2D eigenvalue weighted by Gasteiger charge is 2.20. The van der Waals surface area contributed by atoms with Crippen molar-refractivity contribution < 1.29 is 13.7 Å². The van der Waals surface area contributed by atoms with E-state index in [0.29, 0.717) is 5.56 Å². The molecule has 0 aromatic heterocycles. The predicted molar refractivity (Wildman–Crippen MR) is 58.4 cm³/mol. The first-order valence-electron chi connectivity index (χ1n) is 4.78. The number of rotatable bonds is 2. The predicted octanol–water partition coefficient (Wildman–Crippen LogP) is 3.54. The summed E-state index contributed by atoms with van der Waals surface area (Å²) in [4.78, 5) is 9.99. The second kappa shape index (κ2) is 4.29. The monoisotopic (exact) mass is 235 g/mol. The second-order valence-corrected chi connectivity index (χ2v) is 3.40. The molecule has 0 aliphatic heterocycles. The zero-order valence-corrected chi connectivity index (χ0v) is 8.56. The fourth-order valence-corrected chi connectivity index (χ4v) is 1.56. The lowest BCUT2D eigenvalue weighted by Gasteiger charge is -2.03. The SMILES string of the molecule is O=[N+]([O-])c1c(F)cccc1-c1ccc(F)cc1. The molecule has 0 fully saturated rings. The fourth-order valence-electron chi connectivity index (χ4n) is 1.56. The van der Waals surface area contributed by atoms with Crippen LogP contribution in [0, 0.1) is 21.7 Å². The van der Waals surface area contributed by atoms with Crippen molar-refractivity contribution in [3.63, 3.8) is 0 Å². The maximum atomic E-state index is 13.4. The lowest BCUT2D eigenvalue weighted by molar-refractivity contribution is -0.386. The minimum atomic E-state index is -0.906. The van der Waals surface area contributed by atoms with Crippen LogP contribution in [0.1, 0.15) is 0 Å². The van der Waals surface area contributed by atoms with Crippen molar-refractivity contribution >= 4 is 5.69 Å². The third-order valence-corrected chi connectivity index (χ3v) is 2.32. The minimum absolute atomic E-state index is 0.134. The van der Waals surface area contributed by atoms with Crippen LogP contribution in [-0.2, 0) is 0 Å². The van der Waals surface area contributed by atoms with E-state index in [0.717, 1.165) is 6.07 Å². The van der Waals surface area contributed by atoms with Gasteiger partial charge in [0.2, 0.25) is 5.82 Å². The number of halogens is 2. The van der Waals surface area contributed by atoms with Crippen molar-refractivity contribution in [3.8, 4) is 11.1 Å². The summed E-state index contributed by atoms with van der Waals surface area (Å²) in [7, 11) is 0. The fraction of sp³-hybridized carbons (Fsp3) is 0. The van der Waals surface area contributed by atoms with Crippen LogP contribution in [0.5, 0.6) is 0 Å². The molecule has 3 nitrogen and oxygen atoms in total. The molecule has 5 heteroatoms. The molecule has 2 aromatic carbocycles. The van der Waals surface area contributed by atoms with E-state index in [2.05, 4.69) is 0 Å². The first-order chi connectivity index (χ1) is 8.09. The molecular weight excluding hydrogens is 228 g/mol. The van der Waals surface area contributed by atoms with Gasteiger partial charge in [0.15, 0.2) is 0 Å². The molecular formula is C12H7F2NO2. The summed E-state index contributed by atoms with van der Waals surface area (Å²) in [6.07, 6.45) is 0. The largest absolute Gasteiger partial charge is 0.312 e. The van der Waals surface area contributed by atoms with Crippen LogP contribution < -0.4 is 0 Å². The van der Waals surface area contributed by atoms with Crippen molar-refractivity contribution in [1.29, 1.82) is 0 Å². The maximum Gasteiger partial charge on any atom is 0.312 e. The Morgan fingerprint density at radius 2 is 1.65 bits per heavy atom. The van der Waals surface area contributed by atoms with Gasteiger partial charge in [-0.1, -0.05) is 18.2 Å². The topological polar surface area (TPSA) is 43.1 Å². The van der Waals surface area contributed by atoms with E-state index in [1.165, 1.54) is 36.4 Å². The van der Waals surface area contributed by atoms with E-state index < -0.39 is 22.2 Å². The van der Waals surface area contributed by atoms with E-state index in [-0.39, 0.29) is 5.56 Å². The third-order valence-electron chi connectivity index (χ3n) is 2.32. The van der Waals surface area contributed by atoms with Gasteiger partial charge in [-0.3, -0.25) is 10.1 Å². The zero-order chi connectivity index (χ0) is 12.4. The summed E-state index contributed by atoms with van der Waals surface area (Å²) in [6.45, 7) is 0. The van der Waals surface area contributed by atoms with Crippen molar-refractivity contribution in [1.82, 2.24) is 0 Å². The van der Waals surface area contributed by atoms with Gasteiger partial charge in [-0.2, -0.15) is 4.39 Å². The van der Waals surface area contributed by atoms with Gasteiger partial charge >= 0.3 is 5.69 Å². The van der Waals surface area contributed by atoms with Gasteiger partial charge in [-0.25, -0.2) is 4.39 Å². The molecule has 0 bridgehead atoms. The summed E-state index contributed by atoms with van der Waals surface area (Å²) >= 11 is 0. The van der Waals surface area contributed by atoms with E-state index >= 15 is 0 Å². The molecule has 0 unspecified atom stereocenters. The van der Waals surface area contributed by atoms with E-state index in [4.69, 9.17) is 0 Å². The number of benzene rings is 2. The lowest BCUT2D eigenvalue weighted by atomic mass is 10.0. The third kappa shape index (κ3) is 2.13. The molecule has 2 aromatic rings. The summed E-state index contributed by atoms with van der Waals surface area (Å²) < 4.78 is 26.1. The van der Waals surface area contributed by atoms with Gasteiger partial charge in [-0.05, 0) is 29.8 Å². The number of hydrogen-bond acceptors (Lipinski definition) is 2. The van der Waals surface area contributed by atoms with Gasteiger partial charge in [0.25, 0.3) is 0 Å². The van der Waals surface area contributed by atoms with E-state index in [1.54, 1.807) is 0 Å². The Morgan fingerprint density at radius 3 is 2.24 bits per heavy atom. The molecule has 0 amide bonds. The van der Waals surface area contributed by atoms with Crippen molar-refractivity contribution in [2.45, 2.75) is 0 Å². The lowest BCUT2D eigenvalue weighted by Crippen LogP contribution is -1.95. The quantitative estimate of drug-likeness (QED) is 0.590. The highest BCUT2D eigenvalue weighted by atomic mass is 19.1. The van der Waals surface area contributed by atoms with Crippen LogP contribution in [0.2, 0.25) is 0 Å². The van der Waals surface area contributed by atoms with E-state index in [9.17, 15) is 18.9 Å². The molecule has 0 saturated carbocycles.